The number of phenols is 1. The van der Waals surface area contributed by atoms with Crippen molar-refractivity contribution in [3.63, 3.8) is 0 Å². The normalized spacial score (nSPS) is 40.8. The van der Waals surface area contributed by atoms with Crippen molar-refractivity contribution >= 4 is 11.3 Å². The Morgan fingerprint density at radius 1 is 1.00 bits per heavy atom. The lowest BCUT2D eigenvalue weighted by atomic mass is 9.47. The molecule has 4 nitrogen and oxygen atoms in total. The summed E-state index contributed by atoms with van der Waals surface area (Å²) in [6.07, 6.45) is 6.22. The Kier molecular flexibility index (Phi) is 3.63. The first kappa shape index (κ1) is 17.5. The third-order valence-corrected chi connectivity index (χ3v) is 8.87. The minimum Gasteiger partial charge on any atom is -0.507 e. The molecule has 0 radical (unpaired) electrons. The van der Waals surface area contributed by atoms with E-state index in [9.17, 15) is 5.11 Å². The molecule has 5 fully saturated rings. The van der Waals surface area contributed by atoms with Crippen LogP contribution in [-0.4, -0.2) is 17.8 Å². The summed E-state index contributed by atoms with van der Waals surface area (Å²) in [6.45, 7) is 2.08. The molecule has 2 heterocycles. The van der Waals surface area contributed by atoms with E-state index in [2.05, 4.69) is 19.1 Å². The third-order valence-electron chi connectivity index (χ3n) is 7.83. The summed E-state index contributed by atoms with van der Waals surface area (Å²) in [6, 6.07) is 9.99. The molecule has 7 rings (SSSR count). The van der Waals surface area contributed by atoms with Crippen LogP contribution in [0.5, 0.6) is 5.75 Å². The first-order valence-corrected chi connectivity index (χ1v) is 11.2. The van der Waals surface area contributed by atoms with Crippen LogP contribution >= 0.6 is 11.3 Å². The van der Waals surface area contributed by atoms with E-state index in [1.54, 1.807) is 18.4 Å². The van der Waals surface area contributed by atoms with Crippen LogP contribution < -0.4 is 0 Å². The zero-order valence-corrected chi connectivity index (χ0v) is 17.1. The number of methoxy groups -OCH3 is 1. The van der Waals surface area contributed by atoms with Crippen molar-refractivity contribution in [2.45, 2.75) is 50.4 Å². The monoisotopic (exact) mass is 398 g/mol. The van der Waals surface area contributed by atoms with Crippen molar-refractivity contribution < 1.29 is 19.6 Å². The highest BCUT2D eigenvalue weighted by Crippen LogP contribution is 2.69. The zero-order chi connectivity index (χ0) is 19.1. The highest BCUT2D eigenvalue weighted by atomic mass is 32.1. The van der Waals surface area contributed by atoms with E-state index in [0.29, 0.717) is 11.8 Å². The summed E-state index contributed by atoms with van der Waals surface area (Å²) in [5.41, 5.74) is 1.30. The number of benzene rings is 1. The lowest BCUT2D eigenvalue weighted by Gasteiger charge is -2.68. The second kappa shape index (κ2) is 5.82. The summed E-state index contributed by atoms with van der Waals surface area (Å²) in [4.78, 5) is 14.1. The maximum atomic E-state index is 10.8. The topological polar surface area (TPSA) is 47.9 Å². The Morgan fingerprint density at radius 2 is 1.71 bits per heavy atom. The van der Waals surface area contributed by atoms with Crippen LogP contribution in [0.2, 0.25) is 0 Å². The molecule has 1 atom stereocenters. The predicted octanol–water partition coefficient (Wildman–Crippen LogP) is 5.39. The van der Waals surface area contributed by atoms with Gasteiger partial charge in [-0.1, -0.05) is 6.07 Å². The second-order valence-electron chi connectivity index (χ2n) is 9.23. The zero-order valence-electron chi connectivity index (χ0n) is 16.3. The minimum atomic E-state index is -0.920. The van der Waals surface area contributed by atoms with Gasteiger partial charge in [-0.15, -0.1) is 11.3 Å². The fourth-order valence-electron chi connectivity index (χ4n) is 6.88. The Morgan fingerprint density at radius 3 is 2.21 bits per heavy atom. The molecule has 1 spiro atoms. The largest absolute Gasteiger partial charge is 0.507 e. The molecular weight excluding hydrogens is 372 g/mol. The summed E-state index contributed by atoms with van der Waals surface area (Å²) in [5.74, 6) is 1.97. The molecule has 28 heavy (non-hydrogen) atoms. The highest BCUT2D eigenvalue weighted by molar-refractivity contribution is 7.15. The fourth-order valence-corrected chi connectivity index (χ4v) is 7.78. The van der Waals surface area contributed by atoms with Gasteiger partial charge in [-0.3, -0.25) is 0 Å². The van der Waals surface area contributed by atoms with Gasteiger partial charge < -0.3 is 9.84 Å². The van der Waals surface area contributed by atoms with Crippen molar-refractivity contribution in [2.75, 3.05) is 7.11 Å². The third kappa shape index (κ3) is 2.06. The van der Waals surface area contributed by atoms with Crippen molar-refractivity contribution in [3.8, 4) is 16.2 Å². The van der Waals surface area contributed by atoms with E-state index in [1.807, 2.05) is 18.2 Å². The van der Waals surface area contributed by atoms with Crippen LogP contribution in [0.4, 0.5) is 0 Å². The molecule has 1 aromatic heterocycles. The van der Waals surface area contributed by atoms with Gasteiger partial charge in [0.15, 0.2) is 5.60 Å². The Hall–Kier alpha value is -1.40. The average Bonchev–Trinajstić information content (AvgIpc) is 3.07. The first-order valence-electron chi connectivity index (χ1n) is 10.4. The van der Waals surface area contributed by atoms with E-state index >= 15 is 0 Å². The lowest BCUT2D eigenvalue weighted by molar-refractivity contribution is -0.645. The van der Waals surface area contributed by atoms with Crippen LogP contribution in [0.15, 0.2) is 30.3 Å². The summed E-state index contributed by atoms with van der Waals surface area (Å²) in [5, 5.41) is 10.8. The fraction of sp³-hybridized carbons (Fsp3) is 0.565. The van der Waals surface area contributed by atoms with Crippen LogP contribution in [0.25, 0.3) is 10.4 Å². The molecule has 1 aromatic carbocycles. The number of rotatable bonds is 3. The minimum absolute atomic E-state index is 0.269. The Labute approximate surface area is 169 Å². The first-order chi connectivity index (χ1) is 13.6. The second-order valence-corrected chi connectivity index (χ2v) is 10.5. The van der Waals surface area contributed by atoms with Gasteiger partial charge in [0.2, 0.25) is 0 Å². The molecule has 5 aliphatic rings. The quantitative estimate of drug-likeness (QED) is 0.705. The number of aromatic hydroxyl groups is 1. The van der Waals surface area contributed by atoms with Gasteiger partial charge in [-0.2, -0.15) is 4.89 Å². The number of phenolic OH excluding ortho intramolecular Hbond substituents is 1. The van der Waals surface area contributed by atoms with E-state index < -0.39 is 11.4 Å². The average molecular weight is 399 g/mol. The van der Waals surface area contributed by atoms with Gasteiger partial charge in [0.1, 0.15) is 5.75 Å². The standard InChI is InChI=1S/C23H26O4S/c1-13-3-6-21(28-13)19-5-4-16(12-20(19)24)23(25-2)22(26-27-23)17-8-14-7-15(10-17)11-18(22)9-14/h3-6,12,14-15,17-18,24H,7-11H2,1-2H3. The smallest absolute Gasteiger partial charge is 0.260 e. The maximum absolute atomic E-state index is 10.8. The van der Waals surface area contributed by atoms with Crippen molar-refractivity contribution in [2.24, 2.45) is 23.7 Å². The van der Waals surface area contributed by atoms with Crippen LogP contribution in [0, 0.1) is 30.6 Å². The van der Waals surface area contributed by atoms with Gasteiger partial charge in [0, 0.05) is 28.0 Å². The molecule has 1 N–H and O–H groups in total. The van der Waals surface area contributed by atoms with Gasteiger partial charge in [-0.25, -0.2) is 4.89 Å². The summed E-state index contributed by atoms with van der Waals surface area (Å²) < 4.78 is 6.09. The molecule has 4 aliphatic carbocycles. The van der Waals surface area contributed by atoms with E-state index in [-0.39, 0.29) is 5.75 Å². The lowest BCUT2D eigenvalue weighted by Crippen LogP contribution is -2.76. The van der Waals surface area contributed by atoms with Crippen molar-refractivity contribution in [3.05, 3.63) is 40.8 Å². The molecule has 148 valence electrons. The van der Waals surface area contributed by atoms with Gasteiger partial charge in [0.25, 0.3) is 5.79 Å². The molecule has 2 aromatic rings. The number of aryl methyl sites for hydroxylation is 1. The molecule has 4 saturated carbocycles. The molecule has 0 amide bonds. The Bertz CT molecular complexity index is 902. The number of ether oxygens (including phenoxy) is 1. The molecule has 1 unspecified atom stereocenters. The van der Waals surface area contributed by atoms with Crippen molar-refractivity contribution in [1.82, 2.24) is 0 Å². The van der Waals surface area contributed by atoms with Crippen LogP contribution in [-0.2, 0) is 20.3 Å². The van der Waals surface area contributed by atoms with Gasteiger partial charge in [0.05, 0.1) is 0 Å². The SMILES string of the molecule is COC1(c2ccc(-c3ccc(C)s3)c(O)c2)OOC12C1CC3CC(C1)CC2C3. The molecule has 5 heteroatoms. The molecule has 4 bridgehead atoms. The van der Waals surface area contributed by atoms with E-state index in [1.165, 1.54) is 37.0 Å². The molecular formula is C23H26O4S. The van der Waals surface area contributed by atoms with E-state index in [0.717, 1.165) is 27.8 Å². The number of thiophene rings is 1. The summed E-state index contributed by atoms with van der Waals surface area (Å²) >= 11 is 1.69. The molecule has 1 saturated heterocycles. The predicted molar refractivity (Wildman–Crippen MR) is 107 cm³/mol. The van der Waals surface area contributed by atoms with Crippen LogP contribution in [0.3, 0.4) is 0 Å². The van der Waals surface area contributed by atoms with Gasteiger partial charge in [-0.05, 0) is 87.0 Å². The maximum Gasteiger partial charge on any atom is 0.260 e. The number of hydrogen-bond donors (Lipinski definition) is 1. The molecule has 1 aliphatic heterocycles. The van der Waals surface area contributed by atoms with Crippen molar-refractivity contribution in [1.29, 1.82) is 0 Å². The Balaban J connectivity index is 1.42. The van der Waals surface area contributed by atoms with Gasteiger partial charge >= 0.3 is 0 Å². The highest BCUT2D eigenvalue weighted by Gasteiger charge is 2.76. The number of hydrogen-bond acceptors (Lipinski definition) is 5. The van der Waals surface area contributed by atoms with Crippen LogP contribution in [0.1, 0.15) is 42.5 Å². The van der Waals surface area contributed by atoms with E-state index in [4.69, 9.17) is 14.5 Å². The summed E-state index contributed by atoms with van der Waals surface area (Å²) in [7, 11) is 1.71.